The minimum Gasteiger partial charge on any atom is -1.00 e. The van der Waals surface area contributed by atoms with E-state index in [1.807, 2.05) is 72.7 Å². The number of carbonyl (C=O) groups excluding carboxylic acids is 2. The number of alkyl halides is 3. The van der Waals surface area contributed by atoms with Crippen molar-refractivity contribution in [1.29, 1.82) is 0 Å². The van der Waals surface area contributed by atoms with E-state index in [0.717, 1.165) is 43.4 Å². The molecule has 0 aliphatic carbocycles. The Balaban J connectivity index is -0.000000615. The molecule has 1 heterocycles. The van der Waals surface area contributed by atoms with Gasteiger partial charge >= 0.3 is 41.6 Å². The van der Waals surface area contributed by atoms with Gasteiger partial charge in [0.2, 0.25) is 0 Å². The Hall–Kier alpha value is -0.800. The molecule has 2 aromatic carbocycles. The van der Waals surface area contributed by atoms with E-state index in [-0.39, 0.29) is 48.6 Å². The summed E-state index contributed by atoms with van der Waals surface area (Å²) in [5, 5.41) is 0.952. The largest absolute Gasteiger partial charge is 1.00 e. The monoisotopic (exact) mass is 769 g/mol. The van der Waals surface area contributed by atoms with Crippen molar-refractivity contribution in [3.05, 3.63) is 70.8 Å². The molecule has 0 spiro atoms. The third-order valence-electron chi connectivity index (χ3n) is 5.99. The summed E-state index contributed by atoms with van der Waals surface area (Å²) in [4.78, 5) is 25.0. The van der Waals surface area contributed by atoms with Gasteiger partial charge in [-0.25, -0.2) is 4.79 Å². The van der Waals surface area contributed by atoms with Crippen LogP contribution in [-0.4, -0.2) is 59.7 Å². The fraction of sp³-hybridized carbons (Fsp3) is 0.622. The maximum absolute atomic E-state index is 12.2. The van der Waals surface area contributed by atoms with E-state index in [2.05, 4.69) is 47.1 Å². The van der Waals surface area contributed by atoms with Crippen molar-refractivity contribution in [1.82, 2.24) is 4.90 Å². The first kappa shape index (κ1) is 48.3. The number of benzene rings is 2. The summed E-state index contributed by atoms with van der Waals surface area (Å²) in [5.74, 6) is 1.02. The van der Waals surface area contributed by atoms with Crippen LogP contribution in [-0.2, 0) is 30.9 Å². The number of rotatable bonds is 10. The minimum absolute atomic E-state index is 0. The van der Waals surface area contributed by atoms with Crippen LogP contribution >= 0.6 is 39.1 Å². The molecule has 1 aliphatic rings. The molecule has 0 unspecified atom stereocenters. The number of esters is 1. The normalized spacial score (nSPS) is 12.1. The number of hydrogen-bond acceptors (Lipinski definition) is 5. The van der Waals surface area contributed by atoms with Gasteiger partial charge in [0, 0.05) is 49.8 Å². The number of nitrogens with zero attached hydrogens (tertiary/aromatic N) is 1. The quantitative estimate of drug-likeness (QED) is 0.106. The van der Waals surface area contributed by atoms with Crippen molar-refractivity contribution in [2.24, 2.45) is 0 Å². The fourth-order valence-corrected chi connectivity index (χ4v) is 4.35. The van der Waals surface area contributed by atoms with Crippen molar-refractivity contribution in [2.75, 3.05) is 31.5 Å². The van der Waals surface area contributed by atoms with Gasteiger partial charge in [-0.15, -0.1) is 23.2 Å². The van der Waals surface area contributed by atoms with Crippen LogP contribution in [0.3, 0.4) is 0 Å². The number of unbranched alkanes of at least 4 members (excludes halogenated alkanes) is 1. The first-order chi connectivity index (χ1) is 21.6. The van der Waals surface area contributed by atoms with E-state index < -0.39 is 5.60 Å². The van der Waals surface area contributed by atoms with Crippen LogP contribution in [0.5, 0.6) is 0 Å². The second kappa shape index (κ2) is 28.0. The van der Waals surface area contributed by atoms with Crippen LogP contribution in [0.2, 0.25) is 0 Å². The molecule has 0 aromatic heterocycles. The first-order valence-electron chi connectivity index (χ1n) is 16.2. The summed E-state index contributed by atoms with van der Waals surface area (Å²) in [7, 11) is 0. The molecule has 6 nitrogen and oxygen atoms in total. The van der Waals surface area contributed by atoms with E-state index >= 15 is 0 Å². The molecule has 0 radical (unpaired) electrons. The van der Waals surface area contributed by atoms with Crippen LogP contribution < -0.4 is 29.6 Å². The Morgan fingerprint density at radius 2 is 1.26 bits per heavy atom. The van der Waals surface area contributed by atoms with Crippen LogP contribution in [0.1, 0.15) is 104 Å². The van der Waals surface area contributed by atoms with Gasteiger partial charge in [-0.1, -0.05) is 75.6 Å². The summed E-state index contributed by atoms with van der Waals surface area (Å²) in [6.45, 7) is 18.5. The Labute approximate surface area is 327 Å². The molecule has 1 saturated heterocycles. The molecule has 1 amide bonds. The van der Waals surface area contributed by atoms with E-state index in [0.29, 0.717) is 31.3 Å². The Bertz CT molecular complexity index is 1070. The van der Waals surface area contributed by atoms with Crippen molar-refractivity contribution < 1.29 is 54.8 Å². The average Bonchev–Trinajstić information content (AvgIpc) is 3.56. The minimum atomic E-state index is -0.483. The molecule has 0 N–H and O–H groups in total. The standard InChI is InChI=1S/C16H24ClNO2.C9H17ClO2.C8H9Br.C4H8O.Na.H/c1-13-6-8-14(9-7-13)12-18(11-5-10-17)15(19)20-16(2,3)4;1-9(2,3)12-8(11)6-4-5-7-10;1-7-2-4-8(6-9)5-3-7;1-2-4-5-3-1;;/h6-9H,5,10-12H2,1-4H3;4-7H2,1-3H3;2-5H,6H2,1H3;1-4H2;;/q;;;;+1;-1. The molecule has 3 rings (SSSR count). The average molecular weight is 772 g/mol. The van der Waals surface area contributed by atoms with Crippen LogP contribution in [0.25, 0.3) is 0 Å². The van der Waals surface area contributed by atoms with Crippen LogP contribution in [0.15, 0.2) is 48.5 Å². The topological polar surface area (TPSA) is 65.1 Å². The second-order valence-electron chi connectivity index (χ2n) is 13.1. The smallest absolute Gasteiger partial charge is 1.00 e. The van der Waals surface area contributed by atoms with Gasteiger partial charge in [-0.2, -0.15) is 0 Å². The number of amides is 1. The van der Waals surface area contributed by atoms with Crippen LogP contribution in [0, 0.1) is 13.8 Å². The molecule has 1 aliphatic heterocycles. The predicted molar refractivity (Wildman–Crippen MR) is 199 cm³/mol. The zero-order chi connectivity index (χ0) is 35.0. The van der Waals surface area contributed by atoms with Gasteiger partial charge in [0.25, 0.3) is 0 Å². The third-order valence-corrected chi connectivity index (χ3v) is 7.18. The molecular weight excluding hydrogens is 712 g/mol. The Morgan fingerprint density at radius 3 is 1.64 bits per heavy atom. The Kier molecular flexibility index (Phi) is 28.7. The molecular formula is C37H59BrCl2NNaO5. The van der Waals surface area contributed by atoms with Crippen molar-refractivity contribution >= 4 is 51.2 Å². The fourth-order valence-electron chi connectivity index (χ4n) is 3.67. The number of aryl methyl sites for hydroxylation is 2. The SMILES string of the molecule is C1CCOC1.CC(C)(C)OC(=O)CCCCCl.Cc1ccc(CBr)cc1.Cc1ccc(CN(CCCCl)C(=O)OC(C)(C)C)cc1.[H-].[Na+]. The van der Waals surface area contributed by atoms with Crippen molar-refractivity contribution in [2.45, 2.75) is 117 Å². The number of halogens is 3. The summed E-state index contributed by atoms with van der Waals surface area (Å²) in [6, 6.07) is 16.7. The van der Waals surface area contributed by atoms with Crippen LogP contribution in [0.4, 0.5) is 4.79 Å². The summed E-state index contributed by atoms with van der Waals surface area (Å²) in [6.07, 6.45) is 5.19. The second-order valence-corrected chi connectivity index (χ2v) is 14.4. The van der Waals surface area contributed by atoms with Gasteiger partial charge in [0.1, 0.15) is 11.2 Å². The van der Waals surface area contributed by atoms with Gasteiger partial charge in [-0.05, 0) is 98.6 Å². The maximum Gasteiger partial charge on any atom is 1.00 e. The summed E-state index contributed by atoms with van der Waals surface area (Å²) in [5.41, 5.74) is 4.11. The third kappa shape index (κ3) is 29.8. The first-order valence-corrected chi connectivity index (χ1v) is 18.4. The van der Waals surface area contributed by atoms with E-state index in [1.54, 1.807) is 4.90 Å². The van der Waals surface area contributed by atoms with E-state index in [4.69, 9.17) is 37.4 Å². The van der Waals surface area contributed by atoms with Gasteiger partial charge in [0.05, 0.1) is 0 Å². The van der Waals surface area contributed by atoms with Crippen molar-refractivity contribution in [3.8, 4) is 0 Å². The van der Waals surface area contributed by atoms with Gasteiger partial charge in [0.15, 0.2) is 0 Å². The molecule has 1 fully saturated rings. The number of carbonyl (C=O) groups is 2. The zero-order valence-corrected chi connectivity index (χ0v) is 35.5. The maximum atomic E-state index is 12.2. The molecule has 0 atom stereocenters. The number of ether oxygens (including phenoxy) is 3. The molecule has 2 aromatic rings. The van der Waals surface area contributed by atoms with Crippen molar-refractivity contribution in [3.63, 3.8) is 0 Å². The summed E-state index contributed by atoms with van der Waals surface area (Å²) < 4.78 is 15.5. The molecule has 10 heteroatoms. The molecule has 0 bridgehead atoms. The molecule has 264 valence electrons. The van der Waals surface area contributed by atoms with Gasteiger partial charge in [-0.3, -0.25) is 4.79 Å². The van der Waals surface area contributed by atoms with E-state index in [9.17, 15) is 9.59 Å². The van der Waals surface area contributed by atoms with E-state index in [1.165, 1.54) is 29.5 Å². The zero-order valence-electron chi connectivity index (χ0n) is 31.4. The summed E-state index contributed by atoms with van der Waals surface area (Å²) >= 11 is 14.6. The van der Waals surface area contributed by atoms with Gasteiger partial charge < -0.3 is 20.5 Å². The predicted octanol–water partition coefficient (Wildman–Crippen LogP) is 7.90. The Morgan fingerprint density at radius 1 is 0.787 bits per heavy atom. The number of hydrogen-bond donors (Lipinski definition) is 0. The molecule has 0 saturated carbocycles. The molecule has 47 heavy (non-hydrogen) atoms.